The van der Waals surface area contributed by atoms with Crippen LogP contribution in [0.5, 0.6) is 0 Å². The van der Waals surface area contributed by atoms with Gasteiger partial charge in [0.25, 0.3) is 0 Å². The minimum atomic E-state index is -0.457. The predicted molar refractivity (Wildman–Crippen MR) is 119 cm³/mol. The third kappa shape index (κ3) is 4.10. The normalized spacial score (nSPS) is 17.2. The fourth-order valence-corrected chi connectivity index (χ4v) is 3.40. The summed E-state index contributed by atoms with van der Waals surface area (Å²) in [6, 6.07) is -0.438. The van der Waals surface area contributed by atoms with E-state index in [4.69, 9.17) is 10.1 Å². The van der Waals surface area contributed by atoms with Gasteiger partial charge in [0.15, 0.2) is 5.82 Å². The molecule has 0 spiro atoms. The highest BCUT2D eigenvalue weighted by Gasteiger charge is 2.33. The summed E-state index contributed by atoms with van der Waals surface area (Å²) in [6.45, 7) is 11.6. The van der Waals surface area contributed by atoms with Gasteiger partial charge in [-0.15, -0.1) is 10.2 Å². The van der Waals surface area contributed by atoms with Crippen molar-refractivity contribution in [3.8, 4) is 5.69 Å². The first-order chi connectivity index (χ1) is 14.2. The van der Waals surface area contributed by atoms with Gasteiger partial charge in [-0.25, -0.2) is 0 Å². The fourth-order valence-electron chi connectivity index (χ4n) is 3.40. The Morgan fingerprint density at radius 1 is 1.20 bits per heavy atom. The Hall–Kier alpha value is -3.09. The van der Waals surface area contributed by atoms with Gasteiger partial charge < -0.3 is 0 Å². The van der Waals surface area contributed by atoms with E-state index in [1.165, 1.54) is 0 Å². The summed E-state index contributed by atoms with van der Waals surface area (Å²) in [4.78, 5) is 18.0. The Balaban J connectivity index is 2.27. The Kier molecular flexibility index (Phi) is 6.01. The van der Waals surface area contributed by atoms with Crippen LogP contribution in [0, 0.1) is 12.3 Å². The molecule has 3 rings (SSSR count). The molecule has 0 fully saturated rings. The molecule has 1 atom stereocenters. The van der Waals surface area contributed by atoms with E-state index in [1.54, 1.807) is 4.68 Å². The van der Waals surface area contributed by atoms with Crippen molar-refractivity contribution in [1.82, 2.24) is 24.5 Å². The molecule has 30 heavy (non-hydrogen) atoms. The standard InChI is InChI=1S/C23H30N6O/c1-8-10-12-16(11-9-2)20-21-18(14-28(7)27-21)29-15(3)25-26-22(29)17(24-20)13-19(30)23(4,5)6/h8-12,14,17H,13H2,1-7H3/b10-8-,11-9-,16-12+/t17-/m0/s1. The van der Waals surface area contributed by atoms with E-state index in [0.29, 0.717) is 5.82 Å². The van der Waals surface area contributed by atoms with Gasteiger partial charge in [-0.1, -0.05) is 51.2 Å². The topological polar surface area (TPSA) is 78.0 Å². The zero-order valence-corrected chi connectivity index (χ0v) is 18.8. The van der Waals surface area contributed by atoms with Crippen LogP contribution in [-0.2, 0) is 11.8 Å². The monoisotopic (exact) mass is 406 g/mol. The van der Waals surface area contributed by atoms with E-state index in [2.05, 4.69) is 10.2 Å². The first-order valence-electron chi connectivity index (χ1n) is 10.2. The third-order valence-electron chi connectivity index (χ3n) is 5.01. The number of aryl methyl sites for hydroxylation is 2. The average Bonchev–Trinajstić information content (AvgIpc) is 3.20. The van der Waals surface area contributed by atoms with Crippen LogP contribution in [0.4, 0.5) is 0 Å². The quantitative estimate of drug-likeness (QED) is 0.696. The first kappa shape index (κ1) is 21.6. The lowest BCUT2D eigenvalue weighted by Gasteiger charge is -2.19. The molecule has 0 saturated carbocycles. The second kappa shape index (κ2) is 8.34. The number of aliphatic imine (C=N–C) groups is 1. The summed E-state index contributed by atoms with van der Waals surface area (Å²) in [6.07, 6.45) is 12.2. The summed E-state index contributed by atoms with van der Waals surface area (Å²) < 4.78 is 3.75. The van der Waals surface area contributed by atoms with Crippen molar-refractivity contribution in [3.05, 3.63) is 59.5 Å². The lowest BCUT2D eigenvalue weighted by atomic mass is 9.87. The van der Waals surface area contributed by atoms with Crippen molar-refractivity contribution < 1.29 is 4.79 Å². The number of carbonyl (C=O) groups is 1. The lowest BCUT2D eigenvalue weighted by Crippen LogP contribution is -2.23. The number of rotatable bonds is 5. The number of hydrogen-bond donors (Lipinski definition) is 0. The molecular formula is C23H30N6O. The third-order valence-corrected chi connectivity index (χ3v) is 5.01. The molecule has 0 radical (unpaired) electrons. The molecule has 0 saturated heterocycles. The maximum Gasteiger partial charge on any atom is 0.163 e. The zero-order chi connectivity index (χ0) is 22.1. The summed E-state index contributed by atoms with van der Waals surface area (Å²) in [5, 5.41) is 13.4. The molecule has 0 N–H and O–H groups in total. The molecule has 158 valence electrons. The van der Waals surface area contributed by atoms with Gasteiger partial charge in [0.2, 0.25) is 0 Å². The maximum absolute atomic E-state index is 12.9. The van der Waals surface area contributed by atoms with Crippen LogP contribution in [0.1, 0.15) is 64.4 Å². The summed E-state index contributed by atoms with van der Waals surface area (Å²) in [7, 11) is 1.89. The molecule has 0 aromatic carbocycles. The molecule has 1 aliphatic heterocycles. The number of ketones is 1. The second-order valence-electron chi connectivity index (χ2n) is 8.50. The van der Waals surface area contributed by atoms with Crippen LogP contribution < -0.4 is 0 Å². The molecule has 7 nitrogen and oxygen atoms in total. The average molecular weight is 407 g/mol. The molecule has 2 aromatic rings. The molecule has 7 heteroatoms. The van der Waals surface area contributed by atoms with E-state index in [0.717, 1.165) is 28.5 Å². The van der Waals surface area contributed by atoms with Crippen molar-refractivity contribution >= 4 is 11.5 Å². The molecule has 3 heterocycles. The number of aromatic nitrogens is 5. The van der Waals surface area contributed by atoms with Gasteiger partial charge in [0, 0.05) is 30.7 Å². The lowest BCUT2D eigenvalue weighted by molar-refractivity contribution is -0.126. The minimum absolute atomic E-state index is 0.132. The van der Waals surface area contributed by atoms with Crippen molar-refractivity contribution in [3.63, 3.8) is 0 Å². The molecular weight excluding hydrogens is 376 g/mol. The molecule has 0 bridgehead atoms. The number of allylic oxidation sites excluding steroid dienone is 6. The SMILES string of the molecule is C\C=C/C=C(\C=C/C)C1=N[C@@H](CC(=O)C(C)(C)C)c2nnc(C)n2-c2cn(C)nc21. The van der Waals surface area contributed by atoms with E-state index in [9.17, 15) is 4.79 Å². The van der Waals surface area contributed by atoms with Crippen molar-refractivity contribution in [2.24, 2.45) is 17.5 Å². The predicted octanol–water partition coefficient (Wildman–Crippen LogP) is 4.24. The first-order valence-corrected chi connectivity index (χ1v) is 10.2. The van der Waals surface area contributed by atoms with Gasteiger partial charge >= 0.3 is 0 Å². The number of carbonyl (C=O) groups excluding carboxylic acids is 1. The van der Waals surface area contributed by atoms with Gasteiger partial charge in [0.05, 0.1) is 11.4 Å². The van der Waals surface area contributed by atoms with Crippen LogP contribution >= 0.6 is 0 Å². The highest BCUT2D eigenvalue weighted by atomic mass is 16.1. The van der Waals surface area contributed by atoms with Crippen molar-refractivity contribution in [2.45, 2.75) is 54.0 Å². The number of nitrogens with zero attached hydrogens (tertiary/aromatic N) is 6. The Morgan fingerprint density at radius 2 is 1.93 bits per heavy atom. The van der Waals surface area contributed by atoms with Crippen LogP contribution in [-0.4, -0.2) is 36.0 Å². The molecule has 2 aromatic heterocycles. The van der Waals surface area contributed by atoms with E-state index in [1.807, 2.05) is 89.7 Å². The van der Waals surface area contributed by atoms with E-state index < -0.39 is 11.5 Å². The maximum atomic E-state index is 12.9. The zero-order valence-electron chi connectivity index (χ0n) is 18.8. The summed E-state index contributed by atoms with van der Waals surface area (Å²) >= 11 is 0. The Morgan fingerprint density at radius 3 is 2.57 bits per heavy atom. The van der Waals surface area contributed by atoms with Crippen LogP contribution in [0.2, 0.25) is 0 Å². The molecule has 0 aliphatic carbocycles. The van der Waals surface area contributed by atoms with Crippen LogP contribution in [0.15, 0.2) is 47.1 Å². The van der Waals surface area contributed by atoms with Crippen LogP contribution in [0.3, 0.4) is 0 Å². The molecule has 1 aliphatic rings. The highest BCUT2D eigenvalue weighted by Crippen LogP contribution is 2.34. The number of Topliss-reactive ketones (excluding diaryl/α,β-unsaturated/α-hetero) is 1. The van der Waals surface area contributed by atoms with Crippen LogP contribution in [0.25, 0.3) is 5.69 Å². The number of fused-ring (bicyclic) bond motifs is 3. The van der Waals surface area contributed by atoms with Gasteiger partial charge in [-0.05, 0) is 20.8 Å². The van der Waals surface area contributed by atoms with E-state index >= 15 is 0 Å². The Bertz CT molecular complexity index is 1070. The van der Waals surface area contributed by atoms with Gasteiger partial charge in [-0.3, -0.25) is 19.0 Å². The summed E-state index contributed by atoms with van der Waals surface area (Å²) in [5.41, 5.74) is 2.84. The Labute approximate surface area is 177 Å². The summed E-state index contributed by atoms with van der Waals surface area (Å²) in [5.74, 6) is 1.54. The fraction of sp³-hybridized carbons (Fsp3) is 0.435. The van der Waals surface area contributed by atoms with Crippen molar-refractivity contribution in [2.75, 3.05) is 0 Å². The van der Waals surface area contributed by atoms with Gasteiger partial charge in [0.1, 0.15) is 23.3 Å². The van der Waals surface area contributed by atoms with Gasteiger partial charge in [-0.2, -0.15) is 5.10 Å². The van der Waals surface area contributed by atoms with E-state index in [-0.39, 0.29) is 12.2 Å². The largest absolute Gasteiger partial charge is 0.299 e. The molecule has 0 unspecified atom stereocenters. The number of hydrogen-bond acceptors (Lipinski definition) is 5. The van der Waals surface area contributed by atoms with Crippen molar-refractivity contribution in [1.29, 1.82) is 0 Å². The highest BCUT2D eigenvalue weighted by molar-refractivity contribution is 6.15. The molecule has 0 amide bonds. The minimum Gasteiger partial charge on any atom is -0.299 e. The smallest absolute Gasteiger partial charge is 0.163 e. The second-order valence-corrected chi connectivity index (χ2v) is 8.50.